The van der Waals surface area contributed by atoms with Gasteiger partial charge in [-0.2, -0.15) is 0 Å². The van der Waals surface area contributed by atoms with Crippen LogP contribution in [0.15, 0.2) is 0 Å². The number of nitrogens with one attached hydrogen (secondary N) is 1. The number of carbonyl (C=O) groups excluding carboxylic acids is 3. The third-order valence-electron chi connectivity index (χ3n) is 1.93. The maximum Gasteiger partial charge on any atom is 0.330 e. The molecule has 0 saturated carbocycles. The first-order valence-corrected chi connectivity index (χ1v) is 3.51. The molecule has 0 aromatic carbocycles. The fourth-order valence-electron chi connectivity index (χ4n) is 0.946. The van der Waals surface area contributed by atoms with Crippen molar-refractivity contribution in [1.82, 2.24) is 10.2 Å². The van der Waals surface area contributed by atoms with Gasteiger partial charge in [-0.3, -0.25) is 19.8 Å². The molecule has 1 aliphatic rings. The van der Waals surface area contributed by atoms with Gasteiger partial charge in [0, 0.05) is 7.05 Å². The van der Waals surface area contributed by atoms with Crippen LogP contribution in [-0.2, 0) is 9.59 Å². The lowest BCUT2D eigenvalue weighted by atomic mass is 9.89. The summed E-state index contributed by atoms with van der Waals surface area (Å²) in [5, 5.41) is 2.08. The molecule has 74 valence electrons. The lowest BCUT2D eigenvalue weighted by molar-refractivity contribution is -0.148. The predicted molar refractivity (Wildman–Crippen MR) is 46.8 cm³/mol. The molecule has 0 spiro atoms. The van der Waals surface area contributed by atoms with E-state index in [0.29, 0.717) is 0 Å². The van der Waals surface area contributed by atoms with Crippen LogP contribution in [0.5, 0.6) is 0 Å². The average molecular weight is 186 g/mol. The second-order valence-corrected chi connectivity index (χ2v) is 3.25. The normalized spacial score (nSPS) is 20.8. The van der Waals surface area contributed by atoms with E-state index in [4.69, 9.17) is 0 Å². The maximum absolute atomic E-state index is 11.3. The zero-order valence-electron chi connectivity index (χ0n) is 7.17. The fourth-order valence-corrected chi connectivity index (χ4v) is 0.946. The standard InChI is InChI=1S/C7H10N2O3.CH4/c1-7(2)4(10)8-6(12)9(3)5(7)11;/h1-3H3,(H,8,10,12);1H4. The van der Waals surface area contributed by atoms with Crippen LogP contribution in [0.4, 0.5) is 4.79 Å². The second kappa shape index (κ2) is 3.16. The molecular weight excluding hydrogens is 172 g/mol. The Balaban J connectivity index is 0.00000144. The average Bonchev–Trinajstić information content (AvgIpc) is 1.99. The minimum absolute atomic E-state index is 0. The molecule has 1 saturated heterocycles. The SMILES string of the molecule is C.CN1C(=O)NC(=O)C(C)(C)C1=O. The highest BCUT2D eigenvalue weighted by molar-refractivity contribution is 6.18. The fraction of sp³-hybridized carbons (Fsp3) is 0.625. The van der Waals surface area contributed by atoms with Gasteiger partial charge in [-0.05, 0) is 13.8 Å². The molecule has 0 aromatic heterocycles. The van der Waals surface area contributed by atoms with Crippen LogP contribution in [0, 0.1) is 5.41 Å². The van der Waals surface area contributed by atoms with E-state index in [0.717, 1.165) is 4.90 Å². The third-order valence-corrected chi connectivity index (χ3v) is 1.93. The summed E-state index contributed by atoms with van der Waals surface area (Å²) in [6.45, 7) is 2.96. The number of nitrogens with zero attached hydrogens (tertiary/aromatic N) is 1. The molecular formula is C8H14N2O3. The van der Waals surface area contributed by atoms with Gasteiger partial charge in [-0.15, -0.1) is 0 Å². The highest BCUT2D eigenvalue weighted by Crippen LogP contribution is 2.21. The minimum Gasteiger partial charge on any atom is -0.277 e. The zero-order valence-corrected chi connectivity index (χ0v) is 7.17. The molecule has 1 aliphatic heterocycles. The number of urea groups is 1. The van der Waals surface area contributed by atoms with Gasteiger partial charge in [0.05, 0.1) is 0 Å². The Bertz CT molecular complexity index is 271. The number of hydrogen-bond acceptors (Lipinski definition) is 3. The van der Waals surface area contributed by atoms with Crippen molar-refractivity contribution in [3.8, 4) is 0 Å². The van der Waals surface area contributed by atoms with E-state index in [1.165, 1.54) is 20.9 Å². The number of barbiturate groups is 1. The van der Waals surface area contributed by atoms with Crippen LogP contribution in [0.1, 0.15) is 21.3 Å². The van der Waals surface area contributed by atoms with Crippen LogP contribution < -0.4 is 5.32 Å². The van der Waals surface area contributed by atoms with Gasteiger partial charge in [-0.1, -0.05) is 7.43 Å². The van der Waals surface area contributed by atoms with E-state index in [1.807, 2.05) is 0 Å². The Kier molecular flexibility index (Phi) is 2.82. The monoisotopic (exact) mass is 186 g/mol. The van der Waals surface area contributed by atoms with E-state index in [1.54, 1.807) is 0 Å². The molecule has 0 bridgehead atoms. The van der Waals surface area contributed by atoms with Crippen molar-refractivity contribution >= 4 is 17.8 Å². The topological polar surface area (TPSA) is 66.5 Å². The Labute approximate surface area is 77.1 Å². The Morgan fingerprint density at radius 2 is 1.69 bits per heavy atom. The van der Waals surface area contributed by atoms with E-state index in [2.05, 4.69) is 5.32 Å². The molecule has 0 unspecified atom stereocenters. The Morgan fingerprint density at radius 3 is 2.15 bits per heavy atom. The molecule has 0 radical (unpaired) electrons. The van der Waals surface area contributed by atoms with Gasteiger partial charge in [0.1, 0.15) is 5.41 Å². The first kappa shape index (κ1) is 11.6. The lowest BCUT2D eigenvalue weighted by Crippen LogP contribution is -2.60. The quantitative estimate of drug-likeness (QED) is 0.555. The molecule has 4 amide bonds. The van der Waals surface area contributed by atoms with Gasteiger partial charge < -0.3 is 0 Å². The molecule has 13 heavy (non-hydrogen) atoms. The summed E-state index contributed by atoms with van der Waals surface area (Å²) in [6.07, 6.45) is 0. The van der Waals surface area contributed by atoms with Crippen molar-refractivity contribution in [2.24, 2.45) is 5.41 Å². The summed E-state index contributed by atoms with van der Waals surface area (Å²) in [5.74, 6) is -1.02. The number of imide groups is 2. The van der Waals surface area contributed by atoms with Gasteiger partial charge in [-0.25, -0.2) is 4.79 Å². The van der Waals surface area contributed by atoms with Crippen molar-refractivity contribution in [2.45, 2.75) is 21.3 Å². The van der Waals surface area contributed by atoms with Gasteiger partial charge in [0.2, 0.25) is 11.8 Å². The Hall–Kier alpha value is -1.39. The highest BCUT2D eigenvalue weighted by atomic mass is 16.2. The molecule has 1 heterocycles. The van der Waals surface area contributed by atoms with Crippen molar-refractivity contribution in [2.75, 3.05) is 7.05 Å². The summed E-state index contributed by atoms with van der Waals surface area (Å²) in [4.78, 5) is 34.2. The number of amides is 4. The van der Waals surface area contributed by atoms with E-state index in [9.17, 15) is 14.4 Å². The first-order chi connectivity index (χ1) is 5.37. The van der Waals surface area contributed by atoms with Gasteiger partial charge in [0.15, 0.2) is 0 Å². The highest BCUT2D eigenvalue weighted by Gasteiger charge is 2.45. The van der Waals surface area contributed by atoms with Crippen molar-refractivity contribution < 1.29 is 14.4 Å². The minimum atomic E-state index is -1.14. The summed E-state index contributed by atoms with van der Waals surface area (Å²) in [6, 6.07) is -0.663. The summed E-state index contributed by atoms with van der Waals surface area (Å²) < 4.78 is 0. The molecule has 5 nitrogen and oxygen atoms in total. The van der Waals surface area contributed by atoms with E-state index in [-0.39, 0.29) is 7.43 Å². The third kappa shape index (κ3) is 1.54. The van der Waals surface area contributed by atoms with E-state index >= 15 is 0 Å². The molecule has 5 heteroatoms. The summed E-state index contributed by atoms with van der Waals surface area (Å²) >= 11 is 0. The number of hydrogen-bond donors (Lipinski definition) is 1. The van der Waals surface area contributed by atoms with Crippen LogP contribution >= 0.6 is 0 Å². The lowest BCUT2D eigenvalue weighted by Gasteiger charge is -2.31. The summed E-state index contributed by atoms with van der Waals surface area (Å²) in [7, 11) is 1.34. The van der Waals surface area contributed by atoms with E-state index < -0.39 is 23.3 Å². The van der Waals surface area contributed by atoms with Crippen LogP contribution in [-0.4, -0.2) is 29.8 Å². The zero-order chi connectivity index (χ0) is 9.52. The Morgan fingerprint density at radius 1 is 1.23 bits per heavy atom. The van der Waals surface area contributed by atoms with Crippen molar-refractivity contribution in [1.29, 1.82) is 0 Å². The van der Waals surface area contributed by atoms with Crippen LogP contribution in [0.2, 0.25) is 0 Å². The molecule has 0 aromatic rings. The first-order valence-electron chi connectivity index (χ1n) is 3.51. The van der Waals surface area contributed by atoms with Crippen LogP contribution in [0.25, 0.3) is 0 Å². The largest absolute Gasteiger partial charge is 0.330 e. The number of carbonyl (C=O) groups is 3. The molecule has 1 N–H and O–H groups in total. The molecule has 0 atom stereocenters. The van der Waals surface area contributed by atoms with Gasteiger partial charge in [0.25, 0.3) is 0 Å². The second-order valence-electron chi connectivity index (χ2n) is 3.25. The number of rotatable bonds is 0. The van der Waals surface area contributed by atoms with Gasteiger partial charge >= 0.3 is 6.03 Å². The smallest absolute Gasteiger partial charge is 0.277 e. The van der Waals surface area contributed by atoms with Crippen molar-refractivity contribution in [3.05, 3.63) is 0 Å². The molecule has 0 aliphatic carbocycles. The van der Waals surface area contributed by atoms with Crippen LogP contribution in [0.3, 0.4) is 0 Å². The maximum atomic E-state index is 11.3. The molecule has 1 rings (SSSR count). The molecule has 1 fully saturated rings. The predicted octanol–water partition coefficient (Wildman–Crippen LogP) is 0.357. The summed E-state index contributed by atoms with van der Waals surface area (Å²) in [5.41, 5.74) is -1.14. The van der Waals surface area contributed by atoms with Crippen molar-refractivity contribution in [3.63, 3.8) is 0 Å².